The fourth-order valence-corrected chi connectivity index (χ4v) is 7.83. The molecule has 49 heavy (non-hydrogen) atoms. The topological polar surface area (TPSA) is 24.4 Å². The highest BCUT2D eigenvalue weighted by molar-refractivity contribution is 6.06. The summed E-state index contributed by atoms with van der Waals surface area (Å²) >= 11 is 0. The molecule has 0 spiro atoms. The smallest absolute Gasteiger partial charge is 0.133 e. The van der Waals surface area contributed by atoms with E-state index in [1.54, 1.807) is 0 Å². The number of benzene rings is 3. The maximum absolute atomic E-state index is 5.15. The van der Waals surface area contributed by atoms with Crippen LogP contribution in [0.3, 0.4) is 0 Å². The largest absolute Gasteiger partial charge is 0.340 e. The van der Waals surface area contributed by atoms with E-state index in [4.69, 9.17) is 4.99 Å². The van der Waals surface area contributed by atoms with Crippen molar-refractivity contribution in [3.05, 3.63) is 191 Å². The van der Waals surface area contributed by atoms with Gasteiger partial charge in [0.25, 0.3) is 0 Å². The standard InChI is InChI=1S/C47H48N2/c1-2-16-37(24-15-19-36-17-7-3-8-18-36)38-25-29-42(30-26-38)47(33-13-6-14-34-47)43-31-27-40(28-32-43)45-35-44(39-20-9-4-10-21-39)48-46(49-45)41-22-11-5-12-23-41/h2,4,7,9-11,15-18,20-32,35,44H,1,3,5-6,8,12-14,19,33-34H2,(H,48,49)/b24-15-,37-16+. The van der Waals surface area contributed by atoms with E-state index in [2.05, 4.69) is 152 Å². The lowest BCUT2D eigenvalue weighted by Gasteiger charge is -2.39. The second-order valence-corrected chi connectivity index (χ2v) is 13.7. The Bertz CT molecular complexity index is 1870. The highest BCUT2D eigenvalue weighted by Gasteiger charge is 2.35. The number of rotatable bonds is 10. The van der Waals surface area contributed by atoms with Crippen molar-refractivity contribution in [1.29, 1.82) is 0 Å². The van der Waals surface area contributed by atoms with E-state index in [1.165, 1.54) is 76.6 Å². The van der Waals surface area contributed by atoms with E-state index in [0.29, 0.717) is 0 Å². The average molecular weight is 641 g/mol. The highest BCUT2D eigenvalue weighted by Crippen LogP contribution is 2.45. The van der Waals surface area contributed by atoms with Gasteiger partial charge < -0.3 is 5.32 Å². The Labute approximate surface area is 293 Å². The van der Waals surface area contributed by atoms with E-state index < -0.39 is 0 Å². The van der Waals surface area contributed by atoms with E-state index in [9.17, 15) is 0 Å². The van der Waals surface area contributed by atoms with Crippen LogP contribution >= 0.6 is 0 Å². The number of hydrogen-bond donors (Lipinski definition) is 1. The Morgan fingerprint density at radius 1 is 0.796 bits per heavy atom. The van der Waals surface area contributed by atoms with Crippen LogP contribution in [0.15, 0.2) is 168 Å². The third-order valence-electron chi connectivity index (χ3n) is 10.5. The SMILES string of the molecule is C=C/C=C(\C=C/CC1=CCCC=C1)c1ccc(C2(c3ccc(C4=CC(c5ccccc5)N=C(C5=CCCC=C5)N4)cc3)CCCCC2)cc1. The number of allylic oxidation sites excluding steroid dienone is 11. The van der Waals surface area contributed by atoms with E-state index in [1.807, 2.05) is 6.08 Å². The summed E-state index contributed by atoms with van der Waals surface area (Å²) in [6.07, 6.45) is 36.1. The van der Waals surface area contributed by atoms with Crippen LogP contribution in [-0.4, -0.2) is 5.84 Å². The van der Waals surface area contributed by atoms with Crippen LogP contribution in [0.4, 0.5) is 0 Å². The van der Waals surface area contributed by atoms with Crippen LogP contribution in [0.2, 0.25) is 0 Å². The first-order chi connectivity index (χ1) is 24.2. The molecule has 0 amide bonds. The third kappa shape index (κ3) is 7.55. The molecule has 1 N–H and O–H groups in total. The summed E-state index contributed by atoms with van der Waals surface area (Å²) in [4.78, 5) is 5.15. The lowest BCUT2D eigenvalue weighted by molar-refractivity contribution is 0.346. The van der Waals surface area contributed by atoms with Crippen molar-refractivity contribution in [2.75, 3.05) is 0 Å². The molecule has 246 valence electrons. The number of aliphatic imine (C=N–C) groups is 1. The molecular formula is C47H48N2. The van der Waals surface area contributed by atoms with Crippen molar-refractivity contribution in [2.24, 2.45) is 4.99 Å². The quantitative estimate of drug-likeness (QED) is 0.219. The first-order valence-electron chi connectivity index (χ1n) is 18.3. The van der Waals surface area contributed by atoms with Crippen molar-refractivity contribution in [3.8, 4) is 0 Å². The zero-order valence-electron chi connectivity index (χ0n) is 28.7. The number of nitrogens with zero attached hydrogens (tertiary/aromatic N) is 1. The van der Waals surface area contributed by atoms with Gasteiger partial charge in [-0.2, -0.15) is 0 Å². The summed E-state index contributed by atoms with van der Waals surface area (Å²) in [6.45, 7) is 4.00. The summed E-state index contributed by atoms with van der Waals surface area (Å²) < 4.78 is 0. The second-order valence-electron chi connectivity index (χ2n) is 13.7. The predicted octanol–water partition coefficient (Wildman–Crippen LogP) is 12.1. The van der Waals surface area contributed by atoms with Crippen LogP contribution < -0.4 is 5.32 Å². The average Bonchev–Trinajstić information content (AvgIpc) is 3.19. The van der Waals surface area contributed by atoms with Gasteiger partial charge in [-0.3, -0.25) is 4.99 Å². The molecule has 3 aliphatic carbocycles. The van der Waals surface area contributed by atoms with E-state index >= 15 is 0 Å². The van der Waals surface area contributed by atoms with Gasteiger partial charge in [-0.1, -0.05) is 165 Å². The van der Waals surface area contributed by atoms with Crippen LogP contribution in [0, 0.1) is 0 Å². The Balaban J connectivity index is 1.15. The third-order valence-corrected chi connectivity index (χ3v) is 10.5. The van der Waals surface area contributed by atoms with E-state index in [0.717, 1.165) is 43.6 Å². The molecule has 0 bridgehead atoms. The zero-order valence-corrected chi connectivity index (χ0v) is 28.7. The van der Waals surface area contributed by atoms with Crippen LogP contribution in [-0.2, 0) is 5.41 Å². The van der Waals surface area contributed by atoms with Crippen molar-refractivity contribution in [2.45, 2.75) is 75.7 Å². The molecule has 1 fully saturated rings. The zero-order chi connectivity index (χ0) is 33.3. The fraction of sp³-hybridized carbons (Fsp3) is 0.255. The van der Waals surface area contributed by atoms with Gasteiger partial charge in [0, 0.05) is 16.7 Å². The van der Waals surface area contributed by atoms with Crippen LogP contribution in [0.5, 0.6) is 0 Å². The molecule has 1 saturated carbocycles. The Morgan fingerprint density at radius 2 is 1.51 bits per heavy atom. The monoisotopic (exact) mass is 640 g/mol. The molecule has 0 radical (unpaired) electrons. The molecule has 2 nitrogen and oxygen atoms in total. The van der Waals surface area contributed by atoms with Gasteiger partial charge >= 0.3 is 0 Å². The minimum Gasteiger partial charge on any atom is -0.340 e. The van der Waals surface area contributed by atoms with Crippen molar-refractivity contribution in [1.82, 2.24) is 5.32 Å². The summed E-state index contributed by atoms with van der Waals surface area (Å²) in [5, 5.41) is 3.71. The molecular weight excluding hydrogens is 593 g/mol. The Hall–Kier alpha value is -4.95. The summed E-state index contributed by atoms with van der Waals surface area (Å²) in [5.74, 6) is 0.956. The molecule has 3 aromatic rings. The molecule has 1 atom stereocenters. The maximum atomic E-state index is 5.15. The minimum absolute atomic E-state index is 0.0254. The lowest BCUT2D eigenvalue weighted by atomic mass is 9.65. The molecule has 7 rings (SSSR count). The predicted molar refractivity (Wildman–Crippen MR) is 209 cm³/mol. The maximum Gasteiger partial charge on any atom is 0.133 e. The van der Waals surface area contributed by atoms with Crippen molar-refractivity contribution >= 4 is 17.1 Å². The van der Waals surface area contributed by atoms with Crippen molar-refractivity contribution in [3.63, 3.8) is 0 Å². The van der Waals surface area contributed by atoms with Gasteiger partial charge in [-0.05, 0) is 90.0 Å². The molecule has 1 heterocycles. The first kappa shape index (κ1) is 32.6. The molecule has 2 heteroatoms. The van der Waals surface area contributed by atoms with Gasteiger partial charge in [0.15, 0.2) is 0 Å². The first-order valence-corrected chi connectivity index (χ1v) is 18.3. The number of hydrogen-bond acceptors (Lipinski definition) is 2. The fourth-order valence-electron chi connectivity index (χ4n) is 7.83. The minimum atomic E-state index is -0.0254. The number of nitrogens with one attached hydrogen (secondary N) is 1. The van der Waals surface area contributed by atoms with Crippen LogP contribution in [0.1, 0.15) is 98.1 Å². The molecule has 0 aromatic heterocycles. The Morgan fingerprint density at radius 3 is 2.18 bits per heavy atom. The van der Waals surface area contributed by atoms with E-state index in [-0.39, 0.29) is 11.5 Å². The Kier molecular flexibility index (Phi) is 10.3. The van der Waals surface area contributed by atoms with Gasteiger partial charge in [0.1, 0.15) is 5.84 Å². The lowest BCUT2D eigenvalue weighted by Crippen LogP contribution is -2.31. The van der Waals surface area contributed by atoms with Gasteiger partial charge in [-0.25, -0.2) is 0 Å². The van der Waals surface area contributed by atoms with Gasteiger partial charge in [0.2, 0.25) is 0 Å². The highest BCUT2D eigenvalue weighted by atomic mass is 15.0. The molecule has 0 saturated heterocycles. The van der Waals surface area contributed by atoms with Crippen LogP contribution in [0.25, 0.3) is 11.3 Å². The second kappa shape index (κ2) is 15.5. The van der Waals surface area contributed by atoms with Crippen molar-refractivity contribution < 1.29 is 0 Å². The molecule has 1 aliphatic heterocycles. The molecule has 4 aliphatic rings. The normalized spacial score (nSPS) is 20.6. The molecule has 1 unspecified atom stereocenters. The summed E-state index contributed by atoms with van der Waals surface area (Å²) in [6, 6.07) is 29.4. The number of amidine groups is 1. The summed E-state index contributed by atoms with van der Waals surface area (Å²) in [7, 11) is 0. The molecule has 3 aromatic carbocycles. The van der Waals surface area contributed by atoms with Gasteiger partial charge in [-0.15, -0.1) is 0 Å². The summed E-state index contributed by atoms with van der Waals surface area (Å²) in [5.41, 5.74) is 11.4. The van der Waals surface area contributed by atoms with Gasteiger partial charge in [0.05, 0.1) is 6.04 Å².